The first-order chi connectivity index (χ1) is 48.5. The van der Waals surface area contributed by atoms with Crippen LogP contribution in [-0.2, 0) is 62.8 Å². The molecular formula is C86H111N3O12. The number of esters is 6. The summed E-state index contributed by atoms with van der Waals surface area (Å²) in [6.45, 7) is 37.1. The summed E-state index contributed by atoms with van der Waals surface area (Å²) in [7, 11) is 0. The van der Waals surface area contributed by atoms with Crippen LogP contribution in [-0.4, -0.2) is 106 Å². The number of rotatable bonds is 28. The maximum atomic E-state index is 12.6. The Morgan fingerprint density at radius 1 is 0.446 bits per heavy atom. The average Bonchev–Trinajstić information content (AvgIpc) is 1.03. The maximum Gasteiger partial charge on any atom is 0.315 e. The first-order valence-electron chi connectivity index (χ1n) is 36.2. The summed E-state index contributed by atoms with van der Waals surface area (Å²) < 4.78 is 33.8. The predicted molar refractivity (Wildman–Crippen MR) is 402 cm³/mol. The summed E-state index contributed by atoms with van der Waals surface area (Å²) in [4.78, 5) is 80.8. The standard InChI is InChI=1S/C30H39NO4.C28H37NO4.C28H35NO4/c1-7-12-29(32)34-21-24-16-17-28(35-30(33)13-8-2)27(20-24)26(25-14-10-9-11-15-25)18-19-31(22(3)4)23(5)6;2*1-20(2)29(21(3)4)17-16-24(23-10-6-5-7-11-23)25-18-22-14-15-26(25)33-28(31)13-9-8-12-27(30)32-19-22/h7-11,14-17,20,22-23,26H,1-2,12-13,18-19,21H2,3-6H3;5-7,10-11,14-15,18,20-21,24H,8-9,12-13,16-17,19H2,1-4H3;5-11,14-15,18,20-21,24H,12-13,16-17,19H2,1-4H3/b;;9-8+. The molecule has 6 aromatic rings. The Kier molecular flexibility index (Phi) is 34.2. The zero-order valence-corrected chi connectivity index (χ0v) is 62.0. The minimum atomic E-state index is -0.357. The molecule has 0 saturated heterocycles. The maximum absolute atomic E-state index is 12.6. The summed E-state index contributed by atoms with van der Waals surface area (Å²) in [5, 5.41) is 0. The molecule has 0 saturated carbocycles. The lowest BCUT2D eigenvalue weighted by Crippen LogP contribution is -2.38. The lowest BCUT2D eigenvalue weighted by Gasteiger charge is -2.32. The van der Waals surface area contributed by atoms with Gasteiger partial charge in [-0.2, -0.15) is 0 Å². The molecule has 0 amide bonds. The third kappa shape index (κ3) is 26.9. The molecule has 4 aliphatic heterocycles. The van der Waals surface area contributed by atoms with Gasteiger partial charge in [-0.1, -0.05) is 133 Å². The van der Waals surface area contributed by atoms with E-state index in [4.69, 9.17) is 28.4 Å². The van der Waals surface area contributed by atoms with Crippen LogP contribution in [0, 0.1) is 0 Å². The highest BCUT2D eigenvalue weighted by molar-refractivity contribution is 5.77. The fourth-order valence-corrected chi connectivity index (χ4v) is 13.2. The molecule has 3 atom stereocenters. The van der Waals surface area contributed by atoms with Crippen molar-refractivity contribution >= 4 is 35.8 Å². The number of hydrogen-bond donors (Lipinski definition) is 0. The van der Waals surface area contributed by atoms with E-state index in [0.717, 1.165) is 77.8 Å². The summed E-state index contributed by atoms with van der Waals surface area (Å²) in [6, 6.07) is 50.6. The normalized spacial score (nSPS) is 14.9. The van der Waals surface area contributed by atoms with Gasteiger partial charge >= 0.3 is 35.8 Å². The van der Waals surface area contributed by atoms with Crippen LogP contribution in [0.5, 0.6) is 17.2 Å². The summed E-state index contributed by atoms with van der Waals surface area (Å²) >= 11 is 0. The number of carbonyl (C=O) groups excluding carboxylic acids is 6. The molecule has 0 radical (unpaired) electrons. The number of benzene rings is 6. The molecule has 101 heavy (non-hydrogen) atoms. The van der Waals surface area contributed by atoms with Gasteiger partial charge in [0.25, 0.3) is 0 Å². The highest BCUT2D eigenvalue weighted by atomic mass is 16.6. The van der Waals surface area contributed by atoms with Gasteiger partial charge in [-0.25, -0.2) is 0 Å². The topological polar surface area (TPSA) is 168 Å². The van der Waals surface area contributed by atoms with E-state index in [9.17, 15) is 28.8 Å². The second kappa shape index (κ2) is 42.5. The van der Waals surface area contributed by atoms with E-state index in [1.807, 2.05) is 103 Å². The Balaban J connectivity index is 0.000000238. The van der Waals surface area contributed by atoms with Crippen LogP contribution in [0.3, 0.4) is 0 Å². The summed E-state index contributed by atoms with van der Waals surface area (Å²) in [5.74, 6) is -0.0531. The van der Waals surface area contributed by atoms with Crippen LogP contribution < -0.4 is 14.2 Å². The number of ether oxygens (including phenoxy) is 6. The fourth-order valence-electron chi connectivity index (χ4n) is 13.2. The van der Waals surface area contributed by atoms with Gasteiger partial charge in [0.2, 0.25) is 0 Å². The number of fused-ring (bicyclic) bond motifs is 19. The summed E-state index contributed by atoms with van der Waals surface area (Å²) in [5.41, 5.74) is 8.93. The molecule has 0 spiro atoms. The van der Waals surface area contributed by atoms with Crippen LogP contribution in [0.4, 0.5) is 0 Å². The molecule has 0 aliphatic carbocycles. The molecule has 15 heteroatoms. The highest BCUT2D eigenvalue weighted by Crippen LogP contribution is 2.40. The third-order valence-corrected chi connectivity index (χ3v) is 18.2. The quantitative estimate of drug-likeness (QED) is 0.0197. The van der Waals surface area contributed by atoms with Crippen molar-refractivity contribution < 1.29 is 57.2 Å². The van der Waals surface area contributed by atoms with Crippen molar-refractivity contribution in [3.8, 4) is 17.2 Å². The number of carbonyl (C=O) groups is 6. The molecule has 4 bridgehead atoms. The third-order valence-electron chi connectivity index (χ3n) is 18.2. The minimum absolute atomic E-state index is 0.00782. The zero-order valence-electron chi connectivity index (χ0n) is 62.0. The van der Waals surface area contributed by atoms with Gasteiger partial charge in [0.1, 0.15) is 37.1 Å². The van der Waals surface area contributed by atoms with Gasteiger partial charge in [0, 0.05) is 83.5 Å². The van der Waals surface area contributed by atoms with E-state index in [0.29, 0.717) is 79.2 Å². The molecule has 542 valence electrons. The minimum Gasteiger partial charge on any atom is -0.461 e. The Labute approximate surface area is 602 Å². The molecule has 4 aliphatic rings. The van der Waals surface area contributed by atoms with Crippen LogP contribution in [0.25, 0.3) is 0 Å². The van der Waals surface area contributed by atoms with Gasteiger partial charge < -0.3 is 28.4 Å². The second-order valence-corrected chi connectivity index (χ2v) is 27.6. The first kappa shape index (κ1) is 81.2. The monoisotopic (exact) mass is 1380 g/mol. The Hall–Kier alpha value is -8.76. The molecular weight excluding hydrogens is 1270 g/mol. The van der Waals surface area contributed by atoms with Crippen LogP contribution >= 0.6 is 0 Å². The van der Waals surface area contributed by atoms with Crippen LogP contribution in [0.1, 0.15) is 222 Å². The molecule has 0 N–H and O–H groups in total. The zero-order chi connectivity index (χ0) is 73.4. The Morgan fingerprint density at radius 3 is 1.26 bits per heavy atom. The smallest absolute Gasteiger partial charge is 0.315 e. The van der Waals surface area contributed by atoms with Crippen molar-refractivity contribution in [1.29, 1.82) is 0 Å². The number of hydrogen-bond acceptors (Lipinski definition) is 15. The van der Waals surface area contributed by atoms with Gasteiger partial charge in [0.05, 0.1) is 25.7 Å². The molecule has 0 fully saturated rings. The molecule has 4 heterocycles. The lowest BCUT2D eigenvalue weighted by molar-refractivity contribution is -0.145. The first-order valence-corrected chi connectivity index (χ1v) is 36.2. The largest absolute Gasteiger partial charge is 0.461 e. The van der Waals surface area contributed by atoms with Gasteiger partial charge in [-0.3, -0.25) is 43.5 Å². The van der Waals surface area contributed by atoms with Crippen LogP contribution in [0.15, 0.2) is 183 Å². The van der Waals surface area contributed by atoms with Crippen LogP contribution in [0.2, 0.25) is 0 Å². The molecule has 6 aromatic carbocycles. The van der Waals surface area contributed by atoms with Gasteiger partial charge in [-0.05, 0) is 205 Å². The highest BCUT2D eigenvalue weighted by Gasteiger charge is 2.28. The Morgan fingerprint density at radius 2 is 0.832 bits per heavy atom. The summed E-state index contributed by atoms with van der Waals surface area (Å²) in [6.07, 6.45) is 11.4. The average molecular weight is 1380 g/mol. The predicted octanol–water partition coefficient (Wildman–Crippen LogP) is 17.9. The Bertz CT molecular complexity index is 3590. The number of nitrogens with zero attached hydrogens (tertiary/aromatic N) is 3. The second-order valence-electron chi connectivity index (χ2n) is 27.6. The van der Waals surface area contributed by atoms with E-state index in [1.54, 1.807) is 18.2 Å². The van der Waals surface area contributed by atoms with Crippen molar-refractivity contribution in [3.05, 3.63) is 233 Å². The van der Waals surface area contributed by atoms with Crippen molar-refractivity contribution in [2.24, 2.45) is 0 Å². The van der Waals surface area contributed by atoms with E-state index >= 15 is 0 Å². The SMILES string of the molecule is C=CCC(=O)OCc1ccc(OC(=O)CC=C)c(C(CCN(C(C)C)C(C)C)c2ccccc2)c1.CC(C)N(CCC(c1ccccc1)c1cc2ccc1OC(=O)C/C=C/CC(=O)OC2)C(C)C.CC(C)N(CCC(c1ccccc1)c1cc2ccc1OC(=O)CCCCC(=O)OC2)C(C)C. The van der Waals surface area contributed by atoms with Gasteiger partial charge in [-0.15, -0.1) is 13.2 Å². The van der Waals surface area contributed by atoms with E-state index in [1.165, 1.54) is 23.3 Å². The lowest BCUT2D eigenvalue weighted by atomic mass is 9.86. The van der Waals surface area contributed by atoms with Crippen molar-refractivity contribution in [1.82, 2.24) is 14.7 Å². The molecule has 10 rings (SSSR count). The van der Waals surface area contributed by atoms with Crippen molar-refractivity contribution in [2.45, 2.75) is 228 Å². The molecule has 0 aromatic heterocycles. The fraction of sp³-hybridized carbons (Fsp3) is 0.442. The van der Waals surface area contributed by atoms with Crippen molar-refractivity contribution in [2.75, 3.05) is 19.6 Å². The molecule has 3 unspecified atom stereocenters. The van der Waals surface area contributed by atoms with Crippen molar-refractivity contribution in [3.63, 3.8) is 0 Å². The van der Waals surface area contributed by atoms with E-state index in [-0.39, 0.29) is 99.1 Å². The molecule has 15 nitrogen and oxygen atoms in total. The van der Waals surface area contributed by atoms with E-state index in [2.05, 4.69) is 147 Å². The van der Waals surface area contributed by atoms with Gasteiger partial charge in [0.15, 0.2) is 0 Å². The van der Waals surface area contributed by atoms with E-state index < -0.39 is 0 Å².